The molecule has 0 saturated carbocycles. The maximum atomic E-state index is 11.3. The number of sulfonamides is 1. The Morgan fingerprint density at radius 2 is 1.91 bits per heavy atom. The van der Waals surface area contributed by atoms with E-state index in [0.29, 0.717) is 25.9 Å². The van der Waals surface area contributed by atoms with E-state index < -0.39 is 26.8 Å². The number of hydrogen-bond donors (Lipinski definition) is 1. The van der Waals surface area contributed by atoms with Gasteiger partial charge in [-0.3, -0.25) is 10.1 Å². The zero-order valence-corrected chi connectivity index (χ0v) is 12.3. The Hall–Kier alpha value is -2.20. The molecule has 1 aliphatic heterocycles. The number of nitro benzene ring substituents is 1. The van der Waals surface area contributed by atoms with Crippen LogP contribution in [-0.4, -0.2) is 32.4 Å². The highest BCUT2D eigenvalue weighted by Crippen LogP contribution is 2.33. The van der Waals surface area contributed by atoms with Crippen LogP contribution in [0.4, 0.5) is 11.4 Å². The second-order valence-electron chi connectivity index (χ2n) is 5.03. The smallest absolute Gasteiger partial charge is 0.293 e. The molecule has 2 N–H and O–H groups in total. The van der Waals surface area contributed by atoms with E-state index in [9.17, 15) is 28.4 Å². The number of carboxylic acids is 1. The lowest BCUT2D eigenvalue weighted by molar-refractivity contribution is -0.384. The summed E-state index contributed by atoms with van der Waals surface area (Å²) in [6, 6.07) is 3.43. The van der Waals surface area contributed by atoms with Crippen molar-refractivity contribution >= 4 is 27.4 Å². The van der Waals surface area contributed by atoms with E-state index >= 15 is 0 Å². The Labute approximate surface area is 126 Å². The van der Waals surface area contributed by atoms with Crippen LogP contribution >= 0.6 is 0 Å². The van der Waals surface area contributed by atoms with Gasteiger partial charge >= 0.3 is 0 Å². The second-order valence-corrected chi connectivity index (χ2v) is 6.59. The number of carbonyl (C=O) groups is 1. The van der Waals surface area contributed by atoms with E-state index in [-0.39, 0.29) is 16.3 Å². The first kappa shape index (κ1) is 16.2. The first-order chi connectivity index (χ1) is 10.2. The highest BCUT2D eigenvalue weighted by atomic mass is 32.2. The molecule has 0 bridgehead atoms. The average Bonchev–Trinajstić information content (AvgIpc) is 2.45. The standard InChI is InChI=1S/C12H15N3O6S/c13-22(20,21)9-1-2-10(11(7-9)15(18)19)14-5-3-8(4-6-14)12(16)17/h1-2,7-8H,3-6H2,(H,16,17)(H2,13,20,21)/p-1. The minimum Gasteiger partial charge on any atom is -0.550 e. The molecule has 1 aliphatic rings. The Kier molecular flexibility index (Phi) is 4.33. The first-order valence-electron chi connectivity index (χ1n) is 6.47. The van der Waals surface area contributed by atoms with E-state index in [1.807, 2.05) is 0 Å². The van der Waals surface area contributed by atoms with Gasteiger partial charge in [0.25, 0.3) is 5.69 Å². The monoisotopic (exact) mass is 328 g/mol. The third kappa shape index (κ3) is 3.34. The topological polar surface area (TPSA) is 147 Å². The quantitative estimate of drug-likeness (QED) is 0.562. The van der Waals surface area contributed by atoms with Crippen molar-refractivity contribution in [2.75, 3.05) is 18.0 Å². The molecule has 0 aliphatic carbocycles. The number of rotatable bonds is 4. The van der Waals surface area contributed by atoms with Crippen molar-refractivity contribution in [3.8, 4) is 0 Å². The van der Waals surface area contributed by atoms with Crippen molar-refractivity contribution in [1.82, 2.24) is 0 Å². The first-order valence-corrected chi connectivity index (χ1v) is 8.02. The van der Waals surface area contributed by atoms with Crippen molar-refractivity contribution < 1.29 is 23.2 Å². The van der Waals surface area contributed by atoms with Crippen LogP contribution in [0.3, 0.4) is 0 Å². The van der Waals surface area contributed by atoms with Crippen molar-refractivity contribution in [2.45, 2.75) is 17.7 Å². The number of anilines is 1. The molecule has 0 spiro atoms. The SMILES string of the molecule is NS(=O)(=O)c1ccc(N2CCC(C(=O)[O-])CC2)c([N+](=O)[O-])c1. The van der Waals surface area contributed by atoms with Crippen LogP contribution in [0.25, 0.3) is 0 Å². The maximum absolute atomic E-state index is 11.3. The molecule has 120 valence electrons. The maximum Gasteiger partial charge on any atom is 0.293 e. The van der Waals surface area contributed by atoms with Crippen molar-refractivity contribution in [1.29, 1.82) is 0 Å². The molecule has 1 aromatic carbocycles. The van der Waals surface area contributed by atoms with Crippen LogP contribution in [0.5, 0.6) is 0 Å². The molecule has 10 heteroatoms. The van der Waals surface area contributed by atoms with Gasteiger partial charge in [0, 0.05) is 31.0 Å². The predicted octanol–water partition coefficient (Wildman–Crippen LogP) is -0.791. The molecule has 0 atom stereocenters. The second kappa shape index (κ2) is 5.89. The number of hydrogen-bond acceptors (Lipinski definition) is 7. The molecular formula is C12H14N3O6S-. The Bertz CT molecular complexity index is 710. The van der Waals surface area contributed by atoms with Gasteiger partial charge in [-0.15, -0.1) is 0 Å². The molecule has 9 nitrogen and oxygen atoms in total. The molecule has 0 radical (unpaired) electrons. The number of aliphatic carboxylic acids is 1. The summed E-state index contributed by atoms with van der Waals surface area (Å²) in [4.78, 5) is 22.6. The number of benzene rings is 1. The third-order valence-electron chi connectivity index (χ3n) is 3.64. The zero-order chi connectivity index (χ0) is 16.5. The van der Waals surface area contributed by atoms with Gasteiger partial charge in [-0.1, -0.05) is 0 Å². The number of nitrogens with zero attached hydrogens (tertiary/aromatic N) is 2. The summed E-state index contributed by atoms with van der Waals surface area (Å²) in [6.45, 7) is 0.627. The van der Waals surface area contributed by atoms with Crippen LogP contribution < -0.4 is 15.1 Å². The normalized spacial score (nSPS) is 16.5. The average molecular weight is 328 g/mol. The Morgan fingerprint density at radius 3 is 2.36 bits per heavy atom. The number of carboxylic acid groups (broad SMARTS) is 1. The lowest BCUT2D eigenvalue weighted by atomic mass is 9.96. The minimum atomic E-state index is -4.04. The van der Waals surface area contributed by atoms with Crippen LogP contribution in [0, 0.1) is 16.0 Å². The van der Waals surface area contributed by atoms with Gasteiger partial charge in [-0.2, -0.15) is 0 Å². The highest BCUT2D eigenvalue weighted by Gasteiger charge is 2.26. The zero-order valence-electron chi connectivity index (χ0n) is 11.5. The van der Waals surface area contributed by atoms with Gasteiger partial charge in [0.2, 0.25) is 10.0 Å². The van der Waals surface area contributed by atoms with E-state index in [2.05, 4.69) is 0 Å². The summed E-state index contributed by atoms with van der Waals surface area (Å²) in [5, 5.41) is 26.9. The molecule has 1 heterocycles. The van der Waals surface area contributed by atoms with Crippen molar-refractivity contribution in [3.05, 3.63) is 28.3 Å². The van der Waals surface area contributed by atoms with Crippen LogP contribution in [0.15, 0.2) is 23.1 Å². The van der Waals surface area contributed by atoms with Crippen LogP contribution in [0.1, 0.15) is 12.8 Å². The molecule has 1 aromatic rings. The number of primary sulfonamides is 1. The number of piperidine rings is 1. The summed E-state index contributed by atoms with van der Waals surface area (Å²) in [5.74, 6) is -1.70. The van der Waals surface area contributed by atoms with Gasteiger partial charge in [0.15, 0.2) is 0 Å². The summed E-state index contributed by atoms with van der Waals surface area (Å²) >= 11 is 0. The van der Waals surface area contributed by atoms with Crippen molar-refractivity contribution in [2.24, 2.45) is 11.1 Å². The minimum absolute atomic E-state index is 0.245. The summed E-state index contributed by atoms with van der Waals surface area (Å²) in [7, 11) is -4.04. The van der Waals surface area contributed by atoms with E-state index in [4.69, 9.17) is 5.14 Å². The van der Waals surface area contributed by atoms with Crippen LogP contribution in [0.2, 0.25) is 0 Å². The largest absolute Gasteiger partial charge is 0.550 e. The molecular weight excluding hydrogens is 314 g/mol. The van der Waals surface area contributed by atoms with E-state index in [1.54, 1.807) is 4.90 Å². The van der Waals surface area contributed by atoms with Crippen LogP contribution in [-0.2, 0) is 14.8 Å². The Morgan fingerprint density at radius 1 is 1.32 bits per heavy atom. The predicted molar refractivity (Wildman–Crippen MR) is 74.4 cm³/mol. The molecule has 2 rings (SSSR count). The summed E-state index contributed by atoms with van der Waals surface area (Å²) in [5.41, 5.74) is -0.132. The molecule has 22 heavy (non-hydrogen) atoms. The number of nitro groups is 1. The highest BCUT2D eigenvalue weighted by molar-refractivity contribution is 7.89. The molecule has 0 amide bonds. The Balaban J connectivity index is 2.32. The molecule has 1 saturated heterocycles. The molecule has 1 fully saturated rings. The van der Waals surface area contributed by atoms with Gasteiger partial charge in [-0.05, 0) is 25.0 Å². The lowest BCUT2D eigenvalue weighted by Crippen LogP contribution is -2.41. The number of carbonyl (C=O) groups excluding carboxylic acids is 1. The van der Waals surface area contributed by atoms with Gasteiger partial charge in [-0.25, -0.2) is 13.6 Å². The summed E-state index contributed by atoms with van der Waals surface area (Å²) < 4.78 is 22.6. The van der Waals surface area contributed by atoms with Crippen molar-refractivity contribution in [3.63, 3.8) is 0 Å². The van der Waals surface area contributed by atoms with E-state index in [1.165, 1.54) is 12.1 Å². The molecule has 0 unspecified atom stereocenters. The summed E-state index contributed by atoms with van der Waals surface area (Å²) in [6.07, 6.45) is 0.632. The van der Waals surface area contributed by atoms with Gasteiger partial charge in [0.05, 0.1) is 9.82 Å². The fourth-order valence-corrected chi connectivity index (χ4v) is 2.98. The third-order valence-corrected chi connectivity index (χ3v) is 4.55. The number of nitrogens with two attached hydrogens (primary N) is 1. The fraction of sp³-hybridized carbons (Fsp3) is 0.417. The molecule has 0 aromatic heterocycles. The fourth-order valence-electron chi connectivity index (χ4n) is 2.45. The van der Waals surface area contributed by atoms with Gasteiger partial charge in [0.1, 0.15) is 5.69 Å². The van der Waals surface area contributed by atoms with E-state index in [0.717, 1.165) is 6.07 Å². The van der Waals surface area contributed by atoms with Gasteiger partial charge < -0.3 is 14.8 Å². The lowest BCUT2D eigenvalue weighted by Gasteiger charge is -2.33.